The molecule has 100 valence electrons. The normalized spacial score (nSPS) is 21.2. The fourth-order valence-corrected chi connectivity index (χ4v) is 2.98. The number of hydrogen-bond acceptors (Lipinski definition) is 2. The zero-order chi connectivity index (χ0) is 13.0. The molecule has 2 atom stereocenters. The fraction of sp³-hybridized carbons (Fsp3) is 0.571. The van der Waals surface area contributed by atoms with E-state index in [1.165, 1.54) is 6.42 Å². The molecule has 0 bridgehead atoms. The first-order chi connectivity index (χ1) is 8.68. The molecule has 1 fully saturated rings. The molecule has 4 heteroatoms. The lowest BCUT2D eigenvalue weighted by atomic mass is 10.0. The van der Waals surface area contributed by atoms with E-state index in [0.29, 0.717) is 11.1 Å². The van der Waals surface area contributed by atoms with Gasteiger partial charge < -0.3 is 9.84 Å². The molecule has 0 aliphatic carbocycles. The maximum absolute atomic E-state index is 10.2. The summed E-state index contributed by atoms with van der Waals surface area (Å²) in [7, 11) is 0. The zero-order valence-corrected chi connectivity index (χ0v) is 12.6. The van der Waals surface area contributed by atoms with E-state index in [1.807, 2.05) is 18.2 Å². The van der Waals surface area contributed by atoms with E-state index in [9.17, 15) is 5.11 Å². The Morgan fingerprint density at radius 2 is 2.33 bits per heavy atom. The number of aliphatic hydroxyl groups is 1. The van der Waals surface area contributed by atoms with E-state index in [2.05, 4.69) is 15.9 Å². The van der Waals surface area contributed by atoms with Gasteiger partial charge in [-0.2, -0.15) is 0 Å². The van der Waals surface area contributed by atoms with Gasteiger partial charge in [0.1, 0.15) is 0 Å². The lowest BCUT2D eigenvalue weighted by molar-refractivity contribution is 0.0945. The van der Waals surface area contributed by atoms with E-state index < -0.39 is 6.10 Å². The van der Waals surface area contributed by atoms with Crippen molar-refractivity contribution in [3.05, 3.63) is 33.3 Å². The third kappa shape index (κ3) is 3.70. The molecule has 0 aromatic heterocycles. The van der Waals surface area contributed by atoms with Crippen LogP contribution in [0, 0.1) is 0 Å². The highest BCUT2D eigenvalue weighted by Crippen LogP contribution is 2.32. The summed E-state index contributed by atoms with van der Waals surface area (Å²) in [6, 6.07) is 5.66. The minimum Gasteiger partial charge on any atom is -0.388 e. The van der Waals surface area contributed by atoms with Crippen LogP contribution < -0.4 is 0 Å². The molecule has 2 rings (SSSR count). The Bertz CT molecular complexity index is 391. The van der Waals surface area contributed by atoms with Crippen molar-refractivity contribution in [3.8, 4) is 0 Å². The molecule has 1 aliphatic heterocycles. The number of aliphatic hydroxyl groups excluding tert-OH is 1. The Balaban J connectivity index is 1.83. The maximum Gasteiger partial charge on any atom is 0.0804 e. The van der Waals surface area contributed by atoms with Crippen molar-refractivity contribution in [2.75, 3.05) is 6.61 Å². The molecule has 1 N–H and O–H groups in total. The number of rotatable bonds is 5. The van der Waals surface area contributed by atoms with Crippen molar-refractivity contribution in [2.24, 2.45) is 0 Å². The number of halogens is 2. The Morgan fingerprint density at radius 1 is 1.50 bits per heavy atom. The average molecular weight is 334 g/mol. The summed E-state index contributed by atoms with van der Waals surface area (Å²) < 4.78 is 6.40. The first-order valence-electron chi connectivity index (χ1n) is 6.42. The van der Waals surface area contributed by atoms with Gasteiger partial charge in [-0.3, -0.25) is 0 Å². The first kappa shape index (κ1) is 14.3. The van der Waals surface area contributed by atoms with Gasteiger partial charge in [0, 0.05) is 16.6 Å². The highest BCUT2D eigenvalue weighted by molar-refractivity contribution is 9.10. The van der Waals surface area contributed by atoms with E-state index in [4.69, 9.17) is 16.3 Å². The lowest BCUT2D eigenvalue weighted by Gasteiger charge is -2.15. The molecule has 1 aliphatic rings. The molecule has 0 amide bonds. The molecular formula is C14H18BrClO2. The van der Waals surface area contributed by atoms with E-state index in [1.54, 1.807) is 0 Å². The summed E-state index contributed by atoms with van der Waals surface area (Å²) in [6.45, 7) is 0.894. The van der Waals surface area contributed by atoms with Crippen molar-refractivity contribution >= 4 is 27.5 Å². The van der Waals surface area contributed by atoms with Crippen molar-refractivity contribution < 1.29 is 9.84 Å². The predicted molar refractivity (Wildman–Crippen MR) is 76.9 cm³/mol. The number of hydrogen-bond donors (Lipinski definition) is 1. The smallest absolute Gasteiger partial charge is 0.0804 e. The quantitative estimate of drug-likeness (QED) is 0.860. The summed E-state index contributed by atoms with van der Waals surface area (Å²) in [6.07, 6.45) is 4.97. The van der Waals surface area contributed by atoms with Crippen LogP contribution >= 0.6 is 27.5 Å². The molecule has 0 radical (unpaired) electrons. The summed E-state index contributed by atoms with van der Waals surface area (Å²) >= 11 is 9.54. The Kier molecular flexibility index (Phi) is 5.49. The summed E-state index contributed by atoms with van der Waals surface area (Å²) in [4.78, 5) is 0. The second kappa shape index (κ2) is 6.90. The number of benzene rings is 1. The van der Waals surface area contributed by atoms with Crippen molar-refractivity contribution in [1.82, 2.24) is 0 Å². The second-order valence-electron chi connectivity index (χ2n) is 4.72. The van der Waals surface area contributed by atoms with E-state index in [0.717, 1.165) is 42.3 Å². The van der Waals surface area contributed by atoms with Crippen LogP contribution in [0.25, 0.3) is 0 Å². The van der Waals surface area contributed by atoms with Gasteiger partial charge in [0.25, 0.3) is 0 Å². The van der Waals surface area contributed by atoms with Gasteiger partial charge in [-0.25, -0.2) is 0 Å². The molecular weight excluding hydrogens is 316 g/mol. The van der Waals surface area contributed by atoms with Crippen LogP contribution in [0.1, 0.15) is 43.8 Å². The molecule has 1 heterocycles. The van der Waals surface area contributed by atoms with E-state index in [-0.39, 0.29) is 0 Å². The minimum absolute atomic E-state index is 0.398. The van der Waals surface area contributed by atoms with Gasteiger partial charge in [0.05, 0.1) is 17.2 Å². The van der Waals surface area contributed by atoms with Crippen molar-refractivity contribution in [2.45, 2.75) is 44.3 Å². The third-order valence-electron chi connectivity index (χ3n) is 3.37. The van der Waals surface area contributed by atoms with Gasteiger partial charge in [0.15, 0.2) is 0 Å². The van der Waals surface area contributed by atoms with Gasteiger partial charge in [0.2, 0.25) is 0 Å². The van der Waals surface area contributed by atoms with Crippen LogP contribution in [0.5, 0.6) is 0 Å². The SMILES string of the molecule is OC(CCCC1CCCO1)c1cccc(Br)c1Cl. The Morgan fingerprint density at radius 3 is 3.06 bits per heavy atom. The van der Waals surface area contributed by atoms with Crippen LogP contribution in [0.15, 0.2) is 22.7 Å². The fourth-order valence-electron chi connectivity index (χ4n) is 2.34. The standard InChI is InChI=1S/C14H18BrClO2/c15-12-7-2-6-11(14(12)16)13(17)8-1-4-10-5-3-9-18-10/h2,6-7,10,13,17H,1,3-5,8-9H2. The zero-order valence-electron chi connectivity index (χ0n) is 10.2. The Hall–Kier alpha value is -0.0900. The Labute approximate surface area is 121 Å². The molecule has 2 unspecified atom stereocenters. The largest absolute Gasteiger partial charge is 0.388 e. The summed E-state index contributed by atoms with van der Waals surface area (Å²) in [5, 5.41) is 10.8. The highest BCUT2D eigenvalue weighted by atomic mass is 79.9. The molecule has 2 nitrogen and oxygen atoms in total. The minimum atomic E-state index is -0.489. The van der Waals surface area contributed by atoms with Gasteiger partial charge in [-0.15, -0.1) is 0 Å². The molecule has 1 saturated heterocycles. The number of ether oxygens (including phenoxy) is 1. The summed E-state index contributed by atoms with van der Waals surface area (Å²) in [5.41, 5.74) is 0.804. The topological polar surface area (TPSA) is 29.5 Å². The lowest BCUT2D eigenvalue weighted by Crippen LogP contribution is -2.06. The van der Waals surface area contributed by atoms with Crippen LogP contribution in [0.3, 0.4) is 0 Å². The molecule has 1 aromatic rings. The second-order valence-corrected chi connectivity index (χ2v) is 5.96. The predicted octanol–water partition coefficient (Wildman–Crippen LogP) is 4.49. The third-order valence-corrected chi connectivity index (χ3v) is 4.68. The molecule has 0 saturated carbocycles. The molecule has 1 aromatic carbocycles. The summed E-state index contributed by atoms with van der Waals surface area (Å²) in [5.74, 6) is 0. The van der Waals surface area contributed by atoms with Gasteiger partial charge in [-0.05, 0) is 54.1 Å². The van der Waals surface area contributed by atoms with E-state index >= 15 is 0 Å². The highest BCUT2D eigenvalue weighted by Gasteiger charge is 2.17. The van der Waals surface area contributed by atoms with Crippen molar-refractivity contribution in [3.63, 3.8) is 0 Å². The van der Waals surface area contributed by atoms with Crippen molar-refractivity contribution in [1.29, 1.82) is 0 Å². The monoisotopic (exact) mass is 332 g/mol. The van der Waals surface area contributed by atoms with Gasteiger partial charge >= 0.3 is 0 Å². The molecule has 18 heavy (non-hydrogen) atoms. The van der Waals surface area contributed by atoms with Crippen LogP contribution in [-0.2, 0) is 4.74 Å². The maximum atomic E-state index is 10.2. The first-order valence-corrected chi connectivity index (χ1v) is 7.59. The molecule has 0 spiro atoms. The van der Waals surface area contributed by atoms with Crippen LogP contribution in [0.2, 0.25) is 5.02 Å². The van der Waals surface area contributed by atoms with Crippen LogP contribution in [0.4, 0.5) is 0 Å². The van der Waals surface area contributed by atoms with Crippen LogP contribution in [-0.4, -0.2) is 17.8 Å². The average Bonchev–Trinajstić information content (AvgIpc) is 2.85. The van der Waals surface area contributed by atoms with Gasteiger partial charge in [-0.1, -0.05) is 23.7 Å².